The number of fused-ring (bicyclic) bond motifs is 2. The van der Waals surface area contributed by atoms with Crippen LogP contribution in [0.1, 0.15) is 52.7 Å². The predicted octanol–water partition coefficient (Wildman–Crippen LogP) is 3.23. The van der Waals surface area contributed by atoms with Crippen LogP contribution in [0.4, 0.5) is 9.80 Å². The van der Waals surface area contributed by atoms with Gasteiger partial charge >= 0.3 is 12.1 Å². The van der Waals surface area contributed by atoms with Crippen molar-refractivity contribution < 1.29 is 24.2 Å². The highest BCUT2D eigenvalue weighted by Crippen LogP contribution is 2.39. The summed E-state index contributed by atoms with van der Waals surface area (Å²) in [5.41, 5.74) is 8.41. The molecule has 164 valence electrons. The van der Waals surface area contributed by atoms with E-state index in [-0.39, 0.29) is 29.4 Å². The van der Waals surface area contributed by atoms with Crippen LogP contribution in [0.2, 0.25) is 0 Å². The van der Waals surface area contributed by atoms with Crippen LogP contribution in [-0.2, 0) is 35.6 Å². The number of hydrogen-bond acceptors (Lipinski definition) is 6. The summed E-state index contributed by atoms with van der Waals surface area (Å²) in [6, 6.07) is 6.86. The molecule has 1 atom stereocenters. The Labute approximate surface area is 184 Å². The van der Waals surface area contributed by atoms with Gasteiger partial charge in [-0.3, -0.25) is 9.69 Å². The summed E-state index contributed by atoms with van der Waals surface area (Å²) in [6.45, 7) is 6.20. The summed E-state index contributed by atoms with van der Waals surface area (Å²) in [7, 11) is 0. The molecule has 1 aromatic heterocycles. The van der Waals surface area contributed by atoms with E-state index in [0.717, 1.165) is 16.0 Å². The second-order valence-corrected chi connectivity index (χ2v) is 9.98. The van der Waals surface area contributed by atoms with Crippen molar-refractivity contribution in [3.05, 3.63) is 51.4 Å². The predicted molar refractivity (Wildman–Crippen MR) is 116 cm³/mol. The summed E-state index contributed by atoms with van der Waals surface area (Å²) in [4.78, 5) is 41.6. The number of carbonyl (C=O) groups is 3. The van der Waals surface area contributed by atoms with E-state index in [0.29, 0.717) is 23.5 Å². The molecular formula is C22H25N3O5S. The van der Waals surface area contributed by atoms with Gasteiger partial charge in [0.15, 0.2) is 0 Å². The molecular weight excluding hydrogens is 418 g/mol. The molecule has 3 N–H and O–H groups in total. The maximum atomic E-state index is 13.4. The number of esters is 1. The molecule has 1 aromatic carbocycles. The van der Waals surface area contributed by atoms with Crippen molar-refractivity contribution in [1.29, 1.82) is 0 Å². The van der Waals surface area contributed by atoms with E-state index < -0.39 is 23.7 Å². The highest BCUT2D eigenvalue weighted by atomic mass is 32.1. The van der Waals surface area contributed by atoms with Crippen molar-refractivity contribution in [1.82, 2.24) is 9.80 Å². The van der Waals surface area contributed by atoms with Crippen molar-refractivity contribution in [3.63, 3.8) is 0 Å². The number of anilines is 1. The minimum absolute atomic E-state index is 0.0134. The summed E-state index contributed by atoms with van der Waals surface area (Å²) >= 11 is 1.18. The van der Waals surface area contributed by atoms with Crippen LogP contribution < -0.4 is 5.73 Å². The van der Waals surface area contributed by atoms with Gasteiger partial charge in [-0.2, -0.15) is 0 Å². The minimum atomic E-state index is -1.17. The van der Waals surface area contributed by atoms with Crippen LogP contribution >= 0.6 is 11.3 Å². The Morgan fingerprint density at radius 2 is 1.74 bits per heavy atom. The van der Waals surface area contributed by atoms with Gasteiger partial charge in [0.1, 0.15) is 16.6 Å². The van der Waals surface area contributed by atoms with Gasteiger partial charge in [-0.15, -0.1) is 11.3 Å². The SMILES string of the molecule is CC(C)(C)OC(=O)c1c(N)sc2c1CC(C(=O)N1Cc3ccccc3C1)N(C(=O)O)C2. The van der Waals surface area contributed by atoms with E-state index in [9.17, 15) is 19.5 Å². The van der Waals surface area contributed by atoms with Gasteiger partial charge in [-0.1, -0.05) is 24.3 Å². The Kier molecular flexibility index (Phi) is 5.17. The highest BCUT2D eigenvalue weighted by Gasteiger charge is 2.41. The van der Waals surface area contributed by atoms with Gasteiger partial charge in [0, 0.05) is 24.4 Å². The van der Waals surface area contributed by atoms with Gasteiger partial charge in [0.05, 0.1) is 12.1 Å². The smallest absolute Gasteiger partial charge is 0.408 e. The molecule has 2 aromatic rings. The zero-order valence-corrected chi connectivity index (χ0v) is 18.5. The summed E-state index contributed by atoms with van der Waals surface area (Å²) in [5, 5.41) is 10.1. The van der Waals surface area contributed by atoms with Crippen LogP contribution in [0, 0.1) is 0 Å². The van der Waals surface area contributed by atoms with Gasteiger partial charge in [0.25, 0.3) is 0 Å². The average molecular weight is 444 g/mol. The molecule has 4 rings (SSSR count). The number of nitrogens with zero attached hydrogens (tertiary/aromatic N) is 2. The quantitative estimate of drug-likeness (QED) is 0.689. The summed E-state index contributed by atoms with van der Waals surface area (Å²) in [6.07, 6.45) is -1.08. The lowest BCUT2D eigenvalue weighted by Gasteiger charge is -2.35. The van der Waals surface area contributed by atoms with Crippen molar-refractivity contribution in [2.45, 2.75) is 58.5 Å². The number of carboxylic acid groups (broad SMARTS) is 1. The van der Waals surface area contributed by atoms with Crippen molar-refractivity contribution in [2.75, 3.05) is 5.73 Å². The number of amides is 2. The Bertz CT molecular complexity index is 1050. The molecule has 0 saturated carbocycles. The first kappa shape index (κ1) is 21.2. The fourth-order valence-electron chi connectivity index (χ4n) is 4.12. The summed E-state index contributed by atoms with van der Waals surface area (Å²) < 4.78 is 5.50. The fraction of sp³-hybridized carbons (Fsp3) is 0.409. The van der Waals surface area contributed by atoms with Crippen LogP contribution in [0.3, 0.4) is 0 Å². The second kappa shape index (κ2) is 7.56. The molecule has 2 aliphatic heterocycles. The molecule has 2 amide bonds. The van der Waals surface area contributed by atoms with Gasteiger partial charge < -0.3 is 20.5 Å². The maximum Gasteiger partial charge on any atom is 0.408 e. The van der Waals surface area contributed by atoms with Crippen molar-refractivity contribution >= 4 is 34.3 Å². The Hall–Kier alpha value is -3.07. The molecule has 0 spiro atoms. The first-order valence-electron chi connectivity index (χ1n) is 10.0. The molecule has 1 unspecified atom stereocenters. The monoisotopic (exact) mass is 443 g/mol. The van der Waals surface area contributed by atoms with E-state index in [1.165, 1.54) is 11.3 Å². The molecule has 31 heavy (non-hydrogen) atoms. The van der Waals surface area contributed by atoms with Gasteiger partial charge in [0.2, 0.25) is 5.91 Å². The third-order valence-corrected chi connectivity index (χ3v) is 6.54. The average Bonchev–Trinajstić information content (AvgIpc) is 3.24. The number of nitrogen functional groups attached to an aromatic ring is 1. The number of thiophene rings is 1. The highest BCUT2D eigenvalue weighted by molar-refractivity contribution is 7.16. The van der Waals surface area contributed by atoms with E-state index >= 15 is 0 Å². The molecule has 9 heteroatoms. The molecule has 8 nitrogen and oxygen atoms in total. The number of nitrogens with two attached hydrogens (primary N) is 1. The summed E-state index contributed by atoms with van der Waals surface area (Å²) in [5.74, 6) is -0.824. The lowest BCUT2D eigenvalue weighted by Crippen LogP contribution is -2.52. The van der Waals surface area contributed by atoms with Crippen LogP contribution in [0.25, 0.3) is 0 Å². The zero-order valence-electron chi connectivity index (χ0n) is 17.7. The standard InChI is InChI=1S/C22H25N3O5S/c1-22(2,3)30-20(27)17-14-8-15(25(21(28)29)11-16(14)31-18(17)23)19(26)24-9-12-6-4-5-7-13(12)10-24/h4-7,15H,8-11,23H2,1-3H3,(H,28,29). The van der Waals surface area contributed by atoms with E-state index in [4.69, 9.17) is 10.5 Å². The first-order chi connectivity index (χ1) is 14.5. The van der Waals surface area contributed by atoms with Crippen molar-refractivity contribution in [2.24, 2.45) is 0 Å². The zero-order chi connectivity index (χ0) is 22.5. The normalized spacial score (nSPS) is 17.8. The molecule has 3 heterocycles. The Morgan fingerprint density at radius 3 is 2.29 bits per heavy atom. The number of rotatable bonds is 2. The van der Waals surface area contributed by atoms with E-state index in [2.05, 4.69) is 0 Å². The fourth-order valence-corrected chi connectivity index (χ4v) is 5.21. The maximum absolute atomic E-state index is 13.4. The molecule has 2 aliphatic rings. The third-order valence-electron chi connectivity index (χ3n) is 5.49. The van der Waals surface area contributed by atoms with E-state index in [1.54, 1.807) is 25.7 Å². The topological polar surface area (TPSA) is 113 Å². The number of benzene rings is 1. The van der Waals surface area contributed by atoms with E-state index in [1.807, 2.05) is 24.3 Å². The largest absolute Gasteiger partial charge is 0.465 e. The van der Waals surface area contributed by atoms with Crippen molar-refractivity contribution in [3.8, 4) is 0 Å². The Balaban J connectivity index is 1.64. The number of carbonyl (C=O) groups excluding carboxylic acids is 2. The lowest BCUT2D eigenvalue weighted by atomic mass is 9.95. The molecule has 0 radical (unpaired) electrons. The lowest BCUT2D eigenvalue weighted by molar-refractivity contribution is -0.137. The molecule has 0 saturated heterocycles. The molecule has 0 bridgehead atoms. The Morgan fingerprint density at radius 1 is 1.13 bits per heavy atom. The van der Waals surface area contributed by atoms with Gasteiger partial charge in [-0.05, 0) is 37.5 Å². The first-order valence-corrected chi connectivity index (χ1v) is 10.9. The number of ether oxygens (including phenoxy) is 1. The molecule has 0 aliphatic carbocycles. The van der Waals surface area contributed by atoms with Crippen LogP contribution in [0.5, 0.6) is 0 Å². The van der Waals surface area contributed by atoms with Crippen LogP contribution in [0.15, 0.2) is 24.3 Å². The second-order valence-electron chi connectivity index (χ2n) is 8.84. The molecule has 0 fully saturated rings. The van der Waals surface area contributed by atoms with Crippen LogP contribution in [-0.4, -0.2) is 44.5 Å². The minimum Gasteiger partial charge on any atom is -0.465 e. The third kappa shape index (κ3) is 3.97. The van der Waals surface area contributed by atoms with Gasteiger partial charge in [-0.25, -0.2) is 9.59 Å². The number of hydrogen-bond donors (Lipinski definition) is 2.